The Labute approximate surface area is 114 Å². The molecule has 19 heavy (non-hydrogen) atoms. The largest absolute Gasteiger partial charge is 0.491 e. The number of nitrogens with one attached hydrogen (secondary N) is 1. The van der Waals surface area contributed by atoms with Gasteiger partial charge in [0.1, 0.15) is 18.4 Å². The van der Waals surface area contributed by atoms with Crippen LogP contribution < -0.4 is 10.1 Å². The molecule has 0 bridgehead atoms. The zero-order valence-electron chi connectivity index (χ0n) is 11.7. The van der Waals surface area contributed by atoms with Gasteiger partial charge in [0.05, 0.1) is 7.11 Å². The van der Waals surface area contributed by atoms with E-state index >= 15 is 0 Å². The van der Waals surface area contributed by atoms with Gasteiger partial charge >= 0.3 is 5.97 Å². The number of benzene rings is 1. The molecule has 4 heteroatoms. The zero-order chi connectivity index (χ0) is 13.8. The Morgan fingerprint density at radius 2 is 2.16 bits per heavy atom. The van der Waals surface area contributed by atoms with Crippen LogP contribution in [0.15, 0.2) is 18.2 Å². The first-order valence-electron chi connectivity index (χ1n) is 6.64. The van der Waals surface area contributed by atoms with Crippen LogP contribution in [-0.4, -0.2) is 31.8 Å². The SMILES string of the molecule is COC(=O)C(COc1cc(C)ccc1C)NC1CC1. The molecule has 1 aromatic rings. The molecule has 0 amide bonds. The fourth-order valence-corrected chi connectivity index (χ4v) is 1.90. The van der Waals surface area contributed by atoms with Gasteiger partial charge in [0.2, 0.25) is 0 Å². The molecule has 0 heterocycles. The number of hydrogen-bond acceptors (Lipinski definition) is 4. The van der Waals surface area contributed by atoms with Gasteiger partial charge < -0.3 is 9.47 Å². The lowest BCUT2D eigenvalue weighted by Crippen LogP contribution is -2.43. The molecule has 0 spiro atoms. The van der Waals surface area contributed by atoms with Crippen molar-refractivity contribution in [2.45, 2.75) is 38.8 Å². The van der Waals surface area contributed by atoms with Gasteiger partial charge in [-0.3, -0.25) is 10.1 Å². The molecule has 1 N–H and O–H groups in total. The summed E-state index contributed by atoms with van der Waals surface area (Å²) in [5.41, 5.74) is 2.21. The lowest BCUT2D eigenvalue weighted by molar-refractivity contribution is -0.144. The molecule has 0 aliphatic heterocycles. The van der Waals surface area contributed by atoms with Gasteiger partial charge in [-0.25, -0.2) is 0 Å². The van der Waals surface area contributed by atoms with Gasteiger partial charge in [-0.2, -0.15) is 0 Å². The molecule has 1 atom stereocenters. The lowest BCUT2D eigenvalue weighted by Gasteiger charge is -2.18. The molecule has 0 saturated heterocycles. The van der Waals surface area contributed by atoms with Crippen LogP contribution in [0.25, 0.3) is 0 Å². The number of aryl methyl sites for hydroxylation is 2. The Balaban J connectivity index is 1.96. The van der Waals surface area contributed by atoms with Crippen molar-refractivity contribution >= 4 is 5.97 Å². The average Bonchev–Trinajstić information content (AvgIpc) is 3.21. The third-order valence-corrected chi connectivity index (χ3v) is 3.25. The molecule has 2 rings (SSSR count). The van der Waals surface area contributed by atoms with Crippen LogP contribution >= 0.6 is 0 Å². The molecule has 1 aliphatic rings. The van der Waals surface area contributed by atoms with Gasteiger partial charge in [0.15, 0.2) is 0 Å². The smallest absolute Gasteiger partial charge is 0.326 e. The lowest BCUT2D eigenvalue weighted by atomic mass is 10.1. The molecular formula is C15H21NO3. The highest BCUT2D eigenvalue weighted by Gasteiger charge is 2.29. The highest BCUT2D eigenvalue weighted by atomic mass is 16.5. The molecule has 1 aliphatic carbocycles. The molecular weight excluding hydrogens is 242 g/mol. The van der Waals surface area contributed by atoms with E-state index in [4.69, 9.17) is 9.47 Å². The van der Waals surface area contributed by atoms with Crippen molar-refractivity contribution in [1.29, 1.82) is 0 Å². The Bertz CT molecular complexity index is 455. The maximum atomic E-state index is 11.7. The van der Waals surface area contributed by atoms with Gasteiger partial charge in [0, 0.05) is 6.04 Å². The standard InChI is InChI=1S/C15H21NO3/c1-10-4-5-11(2)14(8-10)19-9-13(15(17)18-3)16-12-6-7-12/h4-5,8,12-13,16H,6-7,9H2,1-3H3. The second-order valence-corrected chi connectivity index (χ2v) is 5.10. The second-order valence-electron chi connectivity index (χ2n) is 5.10. The van der Waals surface area contributed by atoms with E-state index in [0.29, 0.717) is 12.6 Å². The van der Waals surface area contributed by atoms with Crippen LogP contribution in [-0.2, 0) is 9.53 Å². The summed E-state index contributed by atoms with van der Waals surface area (Å²) in [6.07, 6.45) is 2.24. The summed E-state index contributed by atoms with van der Waals surface area (Å²) in [6.45, 7) is 4.32. The summed E-state index contributed by atoms with van der Waals surface area (Å²) in [5, 5.41) is 3.25. The van der Waals surface area contributed by atoms with E-state index in [0.717, 1.165) is 29.7 Å². The predicted molar refractivity (Wildman–Crippen MR) is 73.4 cm³/mol. The van der Waals surface area contributed by atoms with Crippen molar-refractivity contribution in [2.75, 3.05) is 13.7 Å². The number of ether oxygens (including phenoxy) is 2. The van der Waals surface area contributed by atoms with E-state index in [1.54, 1.807) is 0 Å². The molecule has 0 aromatic heterocycles. The minimum Gasteiger partial charge on any atom is -0.491 e. The third-order valence-electron chi connectivity index (χ3n) is 3.25. The van der Waals surface area contributed by atoms with Gasteiger partial charge in [-0.15, -0.1) is 0 Å². The summed E-state index contributed by atoms with van der Waals surface area (Å²) in [7, 11) is 1.40. The Hall–Kier alpha value is -1.55. The van der Waals surface area contributed by atoms with Crippen LogP contribution in [0, 0.1) is 13.8 Å². The van der Waals surface area contributed by atoms with Crippen molar-refractivity contribution in [3.63, 3.8) is 0 Å². The van der Waals surface area contributed by atoms with Crippen LogP contribution in [0.3, 0.4) is 0 Å². The van der Waals surface area contributed by atoms with Crippen LogP contribution in [0.4, 0.5) is 0 Å². The summed E-state index contributed by atoms with van der Waals surface area (Å²) >= 11 is 0. The van der Waals surface area contributed by atoms with Crippen LogP contribution in [0.1, 0.15) is 24.0 Å². The number of carbonyl (C=O) groups is 1. The minimum absolute atomic E-state index is 0.266. The third kappa shape index (κ3) is 3.96. The molecule has 1 unspecified atom stereocenters. The van der Waals surface area contributed by atoms with Crippen molar-refractivity contribution < 1.29 is 14.3 Å². The Kier molecular flexibility index (Phi) is 4.43. The first-order chi connectivity index (χ1) is 9.10. The monoisotopic (exact) mass is 263 g/mol. The highest BCUT2D eigenvalue weighted by molar-refractivity contribution is 5.76. The molecule has 104 valence electrons. The summed E-state index contributed by atoms with van der Waals surface area (Å²) in [6, 6.07) is 6.10. The van der Waals surface area contributed by atoms with E-state index in [9.17, 15) is 4.79 Å². The van der Waals surface area contributed by atoms with Crippen molar-refractivity contribution in [1.82, 2.24) is 5.32 Å². The molecule has 1 aromatic carbocycles. The number of methoxy groups -OCH3 is 1. The molecule has 1 saturated carbocycles. The van der Waals surface area contributed by atoms with Gasteiger partial charge in [-0.1, -0.05) is 12.1 Å². The maximum Gasteiger partial charge on any atom is 0.326 e. The van der Waals surface area contributed by atoms with Gasteiger partial charge in [-0.05, 0) is 43.9 Å². The average molecular weight is 263 g/mol. The van der Waals surface area contributed by atoms with E-state index < -0.39 is 6.04 Å². The Morgan fingerprint density at radius 1 is 1.42 bits per heavy atom. The van der Waals surface area contributed by atoms with E-state index in [2.05, 4.69) is 5.32 Å². The first kappa shape index (κ1) is 13.9. The fraction of sp³-hybridized carbons (Fsp3) is 0.533. The summed E-state index contributed by atoms with van der Waals surface area (Å²) in [4.78, 5) is 11.7. The fourth-order valence-electron chi connectivity index (χ4n) is 1.90. The summed E-state index contributed by atoms with van der Waals surface area (Å²) < 4.78 is 10.6. The number of esters is 1. The molecule has 0 radical (unpaired) electrons. The van der Waals surface area contributed by atoms with Crippen LogP contribution in [0.2, 0.25) is 0 Å². The van der Waals surface area contributed by atoms with Crippen molar-refractivity contribution in [3.8, 4) is 5.75 Å². The van der Waals surface area contributed by atoms with Gasteiger partial charge in [0.25, 0.3) is 0 Å². The topological polar surface area (TPSA) is 47.6 Å². The second kappa shape index (κ2) is 6.06. The minimum atomic E-state index is -0.391. The number of carbonyl (C=O) groups excluding carboxylic acids is 1. The summed E-state index contributed by atoms with van der Waals surface area (Å²) in [5.74, 6) is 0.559. The highest BCUT2D eigenvalue weighted by Crippen LogP contribution is 2.21. The van der Waals surface area contributed by atoms with E-state index in [1.165, 1.54) is 7.11 Å². The number of hydrogen-bond donors (Lipinski definition) is 1. The normalized spacial score (nSPS) is 15.9. The van der Waals surface area contributed by atoms with Crippen LogP contribution in [0.5, 0.6) is 5.75 Å². The van der Waals surface area contributed by atoms with E-state index in [-0.39, 0.29) is 5.97 Å². The predicted octanol–water partition coefficient (Wildman–Crippen LogP) is 1.98. The van der Waals surface area contributed by atoms with Crippen molar-refractivity contribution in [3.05, 3.63) is 29.3 Å². The maximum absolute atomic E-state index is 11.7. The quantitative estimate of drug-likeness (QED) is 0.797. The zero-order valence-corrected chi connectivity index (χ0v) is 11.7. The molecule has 1 fully saturated rings. The number of rotatable bonds is 6. The van der Waals surface area contributed by atoms with Crippen molar-refractivity contribution in [2.24, 2.45) is 0 Å². The first-order valence-corrected chi connectivity index (χ1v) is 6.64. The Morgan fingerprint density at radius 3 is 2.79 bits per heavy atom. The molecule has 4 nitrogen and oxygen atoms in total. The van der Waals surface area contributed by atoms with E-state index in [1.807, 2.05) is 32.0 Å².